The Balaban J connectivity index is 2.43. The van der Waals surface area contributed by atoms with Crippen molar-refractivity contribution < 1.29 is 9.47 Å². The summed E-state index contributed by atoms with van der Waals surface area (Å²) in [5.74, 6) is 1.61. The summed E-state index contributed by atoms with van der Waals surface area (Å²) in [6.07, 6.45) is 3.91. The van der Waals surface area contributed by atoms with Crippen LogP contribution in [0.1, 0.15) is 23.6 Å². The molecule has 1 aliphatic heterocycles. The summed E-state index contributed by atoms with van der Waals surface area (Å²) in [6.45, 7) is 4.81. The number of methoxy groups -OCH3 is 2. The Hall–Kier alpha value is -1.48. The van der Waals surface area contributed by atoms with Crippen molar-refractivity contribution in [2.75, 3.05) is 20.8 Å². The maximum Gasteiger partial charge on any atom is 0.161 e. The van der Waals surface area contributed by atoms with Gasteiger partial charge >= 0.3 is 0 Å². The Morgan fingerprint density at radius 1 is 1.35 bits per heavy atom. The van der Waals surface area contributed by atoms with Crippen LogP contribution in [0, 0.1) is 0 Å². The van der Waals surface area contributed by atoms with Crippen LogP contribution in [0.25, 0.3) is 0 Å². The number of hydrogen-bond acceptors (Lipinski definition) is 3. The van der Waals surface area contributed by atoms with Gasteiger partial charge in [0.05, 0.1) is 14.2 Å². The Bertz CT molecular complexity index is 415. The monoisotopic (exact) mass is 233 g/mol. The molecular weight excluding hydrogens is 214 g/mol. The van der Waals surface area contributed by atoms with Crippen LogP contribution in [-0.4, -0.2) is 20.8 Å². The topological polar surface area (TPSA) is 30.5 Å². The molecule has 1 heterocycles. The van der Waals surface area contributed by atoms with Gasteiger partial charge in [-0.05, 0) is 42.6 Å². The number of fused-ring (bicyclic) bond motifs is 1. The van der Waals surface area contributed by atoms with Gasteiger partial charge in [-0.15, -0.1) is 6.58 Å². The highest BCUT2D eigenvalue weighted by molar-refractivity contribution is 5.49. The summed E-state index contributed by atoms with van der Waals surface area (Å²) in [7, 11) is 3.34. The average molecular weight is 233 g/mol. The second-order valence-corrected chi connectivity index (χ2v) is 4.19. The van der Waals surface area contributed by atoms with E-state index in [9.17, 15) is 0 Å². The molecule has 0 fully saturated rings. The molecule has 1 aliphatic rings. The molecule has 1 atom stereocenters. The molecule has 1 aromatic carbocycles. The van der Waals surface area contributed by atoms with Crippen LogP contribution < -0.4 is 14.8 Å². The lowest BCUT2D eigenvalue weighted by Gasteiger charge is -2.27. The minimum atomic E-state index is 0.344. The van der Waals surface area contributed by atoms with Gasteiger partial charge in [0.1, 0.15) is 0 Å². The van der Waals surface area contributed by atoms with Gasteiger partial charge in [-0.1, -0.05) is 6.08 Å². The molecule has 0 radical (unpaired) electrons. The fraction of sp³-hybridized carbons (Fsp3) is 0.429. The molecule has 0 unspecified atom stereocenters. The number of benzene rings is 1. The van der Waals surface area contributed by atoms with E-state index in [0.717, 1.165) is 30.9 Å². The van der Waals surface area contributed by atoms with Crippen molar-refractivity contribution in [2.24, 2.45) is 0 Å². The molecule has 1 aromatic rings. The standard InChI is InChI=1S/C14H19NO2/c1-4-5-12-11-9-14(17-3)13(16-2)8-10(11)6-7-15-12/h4,8-9,12,15H,1,5-7H2,2-3H3/t12-/m0/s1. The molecule has 0 spiro atoms. The van der Waals surface area contributed by atoms with Crippen molar-refractivity contribution in [3.63, 3.8) is 0 Å². The number of rotatable bonds is 4. The Labute approximate surface area is 102 Å². The molecule has 0 amide bonds. The van der Waals surface area contributed by atoms with Crippen LogP contribution in [0.4, 0.5) is 0 Å². The summed E-state index contributed by atoms with van der Waals surface area (Å²) in [5.41, 5.74) is 2.64. The van der Waals surface area contributed by atoms with Gasteiger partial charge in [-0.25, -0.2) is 0 Å². The summed E-state index contributed by atoms with van der Waals surface area (Å²) in [4.78, 5) is 0. The molecule has 0 aliphatic carbocycles. The molecule has 0 aromatic heterocycles. The van der Waals surface area contributed by atoms with Crippen LogP contribution in [-0.2, 0) is 6.42 Å². The third-order valence-electron chi connectivity index (χ3n) is 3.21. The minimum absolute atomic E-state index is 0.344. The highest BCUT2D eigenvalue weighted by atomic mass is 16.5. The largest absolute Gasteiger partial charge is 0.493 e. The van der Waals surface area contributed by atoms with E-state index in [4.69, 9.17) is 9.47 Å². The van der Waals surface area contributed by atoms with Gasteiger partial charge < -0.3 is 14.8 Å². The van der Waals surface area contributed by atoms with Crippen LogP contribution in [0.3, 0.4) is 0 Å². The molecule has 0 saturated heterocycles. The number of nitrogens with one attached hydrogen (secondary N) is 1. The zero-order chi connectivity index (χ0) is 12.3. The Morgan fingerprint density at radius 3 is 2.71 bits per heavy atom. The normalized spacial score (nSPS) is 18.4. The predicted octanol–water partition coefficient (Wildman–Crippen LogP) is 2.47. The van der Waals surface area contributed by atoms with Crippen LogP contribution in [0.2, 0.25) is 0 Å². The average Bonchev–Trinajstić information content (AvgIpc) is 2.38. The van der Waals surface area contributed by atoms with Gasteiger partial charge in [-0.2, -0.15) is 0 Å². The lowest BCUT2D eigenvalue weighted by atomic mass is 9.92. The van der Waals surface area contributed by atoms with Gasteiger partial charge in [-0.3, -0.25) is 0 Å². The van der Waals surface area contributed by atoms with Crippen LogP contribution in [0.15, 0.2) is 24.8 Å². The third kappa shape index (κ3) is 2.29. The first-order chi connectivity index (χ1) is 8.30. The Morgan fingerprint density at radius 2 is 2.06 bits per heavy atom. The molecule has 2 rings (SSSR count). The zero-order valence-corrected chi connectivity index (χ0v) is 10.5. The molecule has 0 bridgehead atoms. The van der Waals surface area contributed by atoms with Crippen molar-refractivity contribution in [1.29, 1.82) is 0 Å². The second-order valence-electron chi connectivity index (χ2n) is 4.19. The van der Waals surface area contributed by atoms with Crippen molar-refractivity contribution in [2.45, 2.75) is 18.9 Å². The molecular formula is C14H19NO2. The Kier molecular flexibility index (Phi) is 3.69. The van der Waals surface area contributed by atoms with Crippen molar-refractivity contribution in [3.8, 4) is 11.5 Å². The minimum Gasteiger partial charge on any atom is -0.493 e. The first-order valence-electron chi connectivity index (χ1n) is 5.89. The molecule has 17 heavy (non-hydrogen) atoms. The lowest BCUT2D eigenvalue weighted by molar-refractivity contribution is 0.352. The van der Waals surface area contributed by atoms with Gasteiger partial charge in [0.2, 0.25) is 0 Å². The lowest BCUT2D eigenvalue weighted by Crippen LogP contribution is -2.29. The molecule has 1 N–H and O–H groups in total. The summed E-state index contributed by atoms with van der Waals surface area (Å²) < 4.78 is 10.7. The first-order valence-corrected chi connectivity index (χ1v) is 5.89. The molecule has 3 heteroatoms. The van der Waals surface area contributed by atoms with Crippen LogP contribution >= 0.6 is 0 Å². The summed E-state index contributed by atoms with van der Waals surface area (Å²) in [6, 6.07) is 4.51. The van der Waals surface area contributed by atoms with E-state index in [1.54, 1.807) is 14.2 Å². The zero-order valence-electron chi connectivity index (χ0n) is 10.5. The van der Waals surface area contributed by atoms with Gasteiger partial charge in [0.15, 0.2) is 11.5 Å². The second kappa shape index (κ2) is 5.23. The molecule has 0 saturated carbocycles. The maximum absolute atomic E-state index is 5.35. The highest BCUT2D eigenvalue weighted by Crippen LogP contribution is 2.36. The number of ether oxygens (including phenoxy) is 2. The SMILES string of the molecule is C=CC[C@@H]1NCCc2cc(OC)c(OC)cc21. The van der Waals surface area contributed by atoms with Gasteiger partial charge in [0, 0.05) is 6.04 Å². The quantitative estimate of drug-likeness (QED) is 0.810. The van der Waals surface area contributed by atoms with Crippen LogP contribution in [0.5, 0.6) is 11.5 Å². The van der Waals surface area contributed by atoms with Crippen molar-refractivity contribution >= 4 is 0 Å². The van der Waals surface area contributed by atoms with E-state index in [1.807, 2.05) is 6.08 Å². The fourth-order valence-electron chi connectivity index (χ4n) is 2.35. The van der Waals surface area contributed by atoms with E-state index in [-0.39, 0.29) is 0 Å². The third-order valence-corrected chi connectivity index (χ3v) is 3.21. The van der Waals surface area contributed by atoms with Gasteiger partial charge in [0.25, 0.3) is 0 Å². The maximum atomic E-state index is 5.35. The summed E-state index contributed by atoms with van der Waals surface area (Å²) >= 11 is 0. The van der Waals surface area contributed by atoms with Crippen molar-refractivity contribution in [1.82, 2.24) is 5.32 Å². The number of hydrogen-bond donors (Lipinski definition) is 1. The first kappa shape index (κ1) is 12.0. The molecule has 3 nitrogen and oxygen atoms in total. The van der Waals surface area contributed by atoms with Crippen molar-refractivity contribution in [3.05, 3.63) is 35.9 Å². The summed E-state index contributed by atoms with van der Waals surface area (Å²) in [5, 5.41) is 3.50. The predicted molar refractivity (Wildman–Crippen MR) is 68.8 cm³/mol. The fourth-order valence-corrected chi connectivity index (χ4v) is 2.35. The van der Waals surface area contributed by atoms with E-state index >= 15 is 0 Å². The smallest absolute Gasteiger partial charge is 0.161 e. The highest BCUT2D eigenvalue weighted by Gasteiger charge is 2.21. The van der Waals surface area contributed by atoms with E-state index in [0.29, 0.717) is 6.04 Å². The van der Waals surface area contributed by atoms with E-state index in [1.165, 1.54) is 11.1 Å². The van der Waals surface area contributed by atoms with E-state index in [2.05, 4.69) is 24.0 Å². The molecule has 92 valence electrons. The van der Waals surface area contributed by atoms with E-state index < -0.39 is 0 Å².